The van der Waals surface area contributed by atoms with Crippen LogP contribution in [-0.2, 0) is 33.4 Å². The Morgan fingerprint density at radius 2 is 1.04 bits per heavy atom. The van der Waals surface area contributed by atoms with Gasteiger partial charge in [0.25, 0.3) is 0 Å². The maximum Gasteiger partial charge on any atom is 0.319 e. The van der Waals surface area contributed by atoms with Gasteiger partial charge < -0.3 is 29.5 Å². The Bertz CT molecular complexity index is 469. The van der Waals surface area contributed by atoms with Crippen LogP contribution in [0.2, 0.25) is 0 Å². The molecule has 0 aromatic carbocycles. The van der Waals surface area contributed by atoms with Crippen molar-refractivity contribution in [1.82, 2.24) is 9.80 Å². The van der Waals surface area contributed by atoms with Gasteiger partial charge in [-0.1, -0.05) is 0 Å². The molecule has 0 aliphatic rings. The minimum absolute atomic E-state index is 0.136. The predicted molar refractivity (Wildman–Crippen MR) is 89.4 cm³/mol. The molecule has 0 heterocycles. The SMILES string of the molecule is COC(=O)CN(CCOCCOCCN(CC(=O)O)CC(=O)O)CC(=O)O. The van der Waals surface area contributed by atoms with Gasteiger partial charge in [-0.05, 0) is 0 Å². The van der Waals surface area contributed by atoms with Crippen LogP contribution in [0.1, 0.15) is 0 Å². The average Bonchev–Trinajstić information content (AvgIpc) is 2.55. The quantitative estimate of drug-likeness (QED) is 0.185. The lowest BCUT2D eigenvalue weighted by molar-refractivity contribution is -0.145. The number of ether oxygens (including phenoxy) is 3. The molecule has 0 aliphatic heterocycles. The fraction of sp³-hybridized carbons (Fsp3) is 0.733. The van der Waals surface area contributed by atoms with Gasteiger partial charge in [-0.25, -0.2) is 0 Å². The molecule has 12 heteroatoms. The number of methoxy groups -OCH3 is 1. The van der Waals surface area contributed by atoms with Crippen molar-refractivity contribution >= 4 is 23.9 Å². The number of carboxylic acid groups (broad SMARTS) is 3. The highest BCUT2D eigenvalue weighted by Gasteiger charge is 2.14. The van der Waals surface area contributed by atoms with E-state index in [0.29, 0.717) is 0 Å². The third kappa shape index (κ3) is 15.7. The lowest BCUT2D eigenvalue weighted by Gasteiger charge is -2.19. The Labute approximate surface area is 156 Å². The van der Waals surface area contributed by atoms with Crippen LogP contribution in [0.3, 0.4) is 0 Å². The molecule has 0 aliphatic carbocycles. The monoisotopic (exact) mass is 394 g/mol. The summed E-state index contributed by atoms with van der Waals surface area (Å²) in [6.45, 7) is -0.201. The maximum absolute atomic E-state index is 11.2. The average molecular weight is 394 g/mol. The number of carbonyl (C=O) groups excluding carboxylic acids is 1. The highest BCUT2D eigenvalue weighted by Crippen LogP contribution is 1.92. The third-order valence-corrected chi connectivity index (χ3v) is 3.13. The van der Waals surface area contributed by atoms with Crippen LogP contribution in [0.25, 0.3) is 0 Å². The van der Waals surface area contributed by atoms with Crippen molar-refractivity contribution < 1.29 is 48.7 Å². The van der Waals surface area contributed by atoms with Gasteiger partial charge in [0.15, 0.2) is 0 Å². The first-order valence-electron chi connectivity index (χ1n) is 8.07. The fourth-order valence-electron chi connectivity index (χ4n) is 1.96. The molecule has 27 heavy (non-hydrogen) atoms. The smallest absolute Gasteiger partial charge is 0.319 e. The van der Waals surface area contributed by atoms with E-state index in [2.05, 4.69) is 4.74 Å². The minimum Gasteiger partial charge on any atom is -0.480 e. The molecule has 0 rings (SSSR count). The molecule has 156 valence electrons. The van der Waals surface area contributed by atoms with Crippen LogP contribution >= 0.6 is 0 Å². The normalized spacial score (nSPS) is 10.9. The van der Waals surface area contributed by atoms with Crippen molar-refractivity contribution in [2.45, 2.75) is 0 Å². The Kier molecular flexibility index (Phi) is 13.6. The van der Waals surface area contributed by atoms with Gasteiger partial charge in [0, 0.05) is 13.1 Å². The summed E-state index contributed by atoms with van der Waals surface area (Å²) < 4.78 is 15.0. The number of carboxylic acids is 3. The van der Waals surface area contributed by atoms with Gasteiger partial charge in [-0.15, -0.1) is 0 Å². The van der Waals surface area contributed by atoms with E-state index in [9.17, 15) is 19.2 Å². The van der Waals surface area contributed by atoms with Crippen LogP contribution in [0.4, 0.5) is 0 Å². The van der Waals surface area contributed by atoms with E-state index in [1.807, 2.05) is 0 Å². The van der Waals surface area contributed by atoms with Crippen molar-refractivity contribution in [3.8, 4) is 0 Å². The molecule has 0 bridgehead atoms. The molecule has 0 amide bonds. The Hall–Kier alpha value is -2.28. The van der Waals surface area contributed by atoms with Gasteiger partial charge in [-0.3, -0.25) is 29.0 Å². The number of rotatable bonds is 17. The van der Waals surface area contributed by atoms with Crippen molar-refractivity contribution in [1.29, 1.82) is 0 Å². The summed E-state index contributed by atoms with van der Waals surface area (Å²) >= 11 is 0. The summed E-state index contributed by atoms with van der Waals surface area (Å²) in [5.74, 6) is -3.88. The van der Waals surface area contributed by atoms with Crippen LogP contribution in [0.5, 0.6) is 0 Å². The molecule has 0 unspecified atom stereocenters. The third-order valence-electron chi connectivity index (χ3n) is 3.13. The molecule has 0 spiro atoms. The van der Waals surface area contributed by atoms with E-state index < -0.39 is 37.0 Å². The standard InChI is InChI=1S/C15H26N2O10/c1-25-15(24)11-17(10-14(22)23)3-5-27-7-6-26-4-2-16(8-12(18)19)9-13(20)21/h2-11H2,1H3,(H,18,19)(H,20,21)(H,22,23). The molecule has 0 atom stereocenters. The molecular formula is C15H26N2O10. The first-order chi connectivity index (χ1) is 12.7. The number of esters is 1. The summed E-state index contributed by atoms with van der Waals surface area (Å²) in [4.78, 5) is 45.8. The number of nitrogens with zero attached hydrogens (tertiary/aromatic N) is 2. The number of hydrogen-bond donors (Lipinski definition) is 3. The van der Waals surface area contributed by atoms with Gasteiger partial charge in [0.05, 0.1) is 59.7 Å². The van der Waals surface area contributed by atoms with Crippen molar-refractivity contribution in [3.63, 3.8) is 0 Å². The van der Waals surface area contributed by atoms with E-state index >= 15 is 0 Å². The van der Waals surface area contributed by atoms with E-state index in [-0.39, 0.29) is 52.6 Å². The molecule has 3 N–H and O–H groups in total. The molecule has 0 saturated heterocycles. The summed E-state index contributed by atoms with van der Waals surface area (Å²) in [5, 5.41) is 26.2. The van der Waals surface area contributed by atoms with Crippen LogP contribution in [0.15, 0.2) is 0 Å². The topological polar surface area (TPSA) is 163 Å². The first kappa shape index (κ1) is 24.7. The lowest BCUT2D eigenvalue weighted by Crippen LogP contribution is -2.37. The van der Waals surface area contributed by atoms with Crippen LogP contribution < -0.4 is 0 Å². The Morgan fingerprint density at radius 3 is 1.37 bits per heavy atom. The van der Waals surface area contributed by atoms with Crippen LogP contribution in [-0.4, -0.2) is 122 Å². The zero-order valence-corrected chi connectivity index (χ0v) is 15.2. The molecule has 0 fully saturated rings. The molecule has 12 nitrogen and oxygen atoms in total. The summed E-state index contributed by atoms with van der Waals surface area (Å²) in [6.07, 6.45) is 0. The summed E-state index contributed by atoms with van der Waals surface area (Å²) in [7, 11) is 1.21. The van der Waals surface area contributed by atoms with E-state index in [4.69, 9.17) is 24.8 Å². The molecule has 0 aromatic rings. The second kappa shape index (κ2) is 14.8. The second-order valence-electron chi connectivity index (χ2n) is 5.40. The van der Waals surface area contributed by atoms with Crippen molar-refractivity contribution in [3.05, 3.63) is 0 Å². The van der Waals surface area contributed by atoms with Gasteiger partial charge in [-0.2, -0.15) is 0 Å². The van der Waals surface area contributed by atoms with Crippen molar-refractivity contribution in [2.75, 3.05) is 72.8 Å². The van der Waals surface area contributed by atoms with Crippen molar-refractivity contribution in [2.24, 2.45) is 0 Å². The molecule has 0 radical (unpaired) electrons. The highest BCUT2D eigenvalue weighted by atomic mass is 16.5. The second-order valence-corrected chi connectivity index (χ2v) is 5.40. The zero-order chi connectivity index (χ0) is 20.7. The van der Waals surface area contributed by atoms with Gasteiger partial charge in [0.2, 0.25) is 0 Å². The highest BCUT2D eigenvalue weighted by molar-refractivity contribution is 5.74. The summed E-state index contributed by atoms with van der Waals surface area (Å²) in [5.41, 5.74) is 0. The van der Waals surface area contributed by atoms with E-state index in [1.165, 1.54) is 16.9 Å². The summed E-state index contributed by atoms with van der Waals surface area (Å²) in [6, 6.07) is 0. The van der Waals surface area contributed by atoms with Gasteiger partial charge >= 0.3 is 23.9 Å². The Balaban J connectivity index is 3.89. The van der Waals surface area contributed by atoms with Crippen LogP contribution in [0, 0.1) is 0 Å². The van der Waals surface area contributed by atoms with E-state index in [1.54, 1.807) is 0 Å². The predicted octanol–water partition coefficient (Wildman–Crippen LogP) is -1.95. The maximum atomic E-state index is 11.2. The minimum atomic E-state index is -1.13. The number of aliphatic carboxylic acids is 3. The lowest BCUT2D eigenvalue weighted by atomic mass is 10.4. The largest absolute Gasteiger partial charge is 0.480 e. The molecule has 0 aromatic heterocycles. The Morgan fingerprint density at radius 1 is 0.667 bits per heavy atom. The van der Waals surface area contributed by atoms with E-state index in [0.717, 1.165) is 0 Å². The van der Waals surface area contributed by atoms with Gasteiger partial charge in [0.1, 0.15) is 0 Å². The first-order valence-corrected chi connectivity index (χ1v) is 8.07. The molecular weight excluding hydrogens is 368 g/mol. The number of hydrogen-bond acceptors (Lipinski definition) is 9. The molecule has 0 saturated carbocycles. The fourth-order valence-corrected chi connectivity index (χ4v) is 1.96. The zero-order valence-electron chi connectivity index (χ0n) is 15.2. The number of carbonyl (C=O) groups is 4.